The fraction of sp³-hybridized carbons (Fsp3) is 0.625. The number of carbonyl (C=O) groups is 1. The monoisotopic (exact) mass is 273 g/mol. The van der Waals surface area contributed by atoms with Crippen LogP contribution in [0.25, 0.3) is 0 Å². The molecule has 20 heavy (non-hydrogen) atoms. The third kappa shape index (κ3) is 2.44. The van der Waals surface area contributed by atoms with Gasteiger partial charge in [0.05, 0.1) is 11.9 Å². The van der Waals surface area contributed by atoms with Crippen molar-refractivity contribution in [1.82, 2.24) is 9.88 Å². The first-order valence-electron chi connectivity index (χ1n) is 7.65. The highest BCUT2D eigenvalue weighted by Gasteiger charge is 2.34. The molecule has 4 heteroatoms. The van der Waals surface area contributed by atoms with Crippen LogP contribution in [0.2, 0.25) is 0 Å². The quantitative estimate of drug-likeness (QED) is 0.792. The summed E-state index contributed by atoms with van der Waals surface area (Å²) in [6, 6.07) is 5.33. The normalized spacial score (nSPS) is 26.6. The van der Waals surface area contributed by atoms with Crippen LogP contribution in [-0.2, 0) is 0 Å². The smallest absolute Gasteiger partial charge is 0.180 e. The van der Waals surface area contributed by atoms with Crippen molar-refractivity contribution in [3.05, 3.63) is 24.0 Å². The van der Waals surface area contributed by atoms with Gasteiger partial charge in [-0.2, -0.15) is 0 Å². The molecule has 0 aromatic carbocycles. The average Bonchev–Trinajstić information content (AvgIpc) is 2.72. The van der Waals surface area contributed by atoms with Gasteiger partial charge < -0.3 is 4.90 Å². The zero-order valence-electron chi connectivity index (χ0n) is 12.4. The van der Waals surface area contributed by atoms with E-state index in [1.165, 1.54) is 19.3 Å². The molecule has 2 unspecified atom stereocenters. The fourth-order valence-corrected chi connectivity index (χ4v) is 3.46. The SMILES string of the molecule is CCC(=O)c1ccc(N2CCC3CCC(C2)N3C)cn1. The molecule has 2 fully saturated rings. The van der Waals surface area contributed by atoms with E-state index in [0.29, 0.717) is 18.2 Å². The minimum absolute atomic E-state index is 0.117. The van der Waals surface area contributed by atoms with E-state index >= 15 is 0 Å². The molecule has 2 bridgehead atoms. The highest BCUT2D eigenvalue weighted by molar-refractivity contribution is 5.94. The summed E-state index contributed by atoms with van der Waals surface area (Å²) in [5, 5.41) is 0. The van der Waals surface area contributed by atoms with Crippen molar-refractivity contribution in [2.45, 2.75) is 44.7 Å². The lowest BCUT2D eigenvalue weighted by atomic mass is 10.1. The summed E-state index contributed by atoms with van der Waals surface area (Å²) < 4.78 is 0. The Kier molecular flexibility index (Phi) is 3.74. The molecule has 3 rings (SSSR count). The molecule has 1 aromatic heterocycles. The molecule has 0 aliphatic carbocycles. The third-order valence-electron chi connectivity index (χ3n) is 4.87. The number of anilines is 1. The Bertz CT molecular complexity index is 485. The van der Waals surface area contributed by atoms with Crippen molar-refractivity contribution in [2.75, 3.05) is 25.0 Å². The summed E-state index contributed by atoms with van der Waals surface area (Å²) >= 11 is 0. The predicted octanol–water partition coefficient (Wildman–Crippen LogP) is 2.35. The predicted molar refractivity (Wildman–Crippen MR) is 80.3 cm³/mol. The highest BCUT2D eigenvalue weighted by atomic mass is 16.1. The first kappa shape index (κ1) is 13.6. The molecule has 0 N–H and O–H groups in total. The molecule has 2 atom stereocenters. The molecule has 2 aliphatic heterocycles. The summed E-state index contributed by atoms with van der Waals surface area (Å²) in [5.41, 5.74) is 1.74. The van der Waals surface area contributed by atoms with Gasteiger partial charge in [0, 0.05) is 31.6 Å². The first-order valence-corrected chi connectivity index (χ1v) is 7.65. The summed E-state index contributed by atoms with van der Waals surface area (Å²) in [4.78, 5) is 20.9. The number of ketones is 1. The fourth-order valence-electron chi connectivity index (χ4n) is 3.46. The van der Waals surface area contributed by atoms with E-state index in [-0.39, 0.29) is 5.78 Å². The summed E-state index contributed by atoms with van der Waals surface area (Å²) in [7, 11) is 2.26. The van der Waals surface area contributed by atoms with E-state index in [2.05, 4.69) is 27.9 Å². The number of Topliss-reactive ketones (excluding diaryl/α,β-unsaturated/α-hetero) is 1. The number of hydrogen-bond acceptors (Lipinski definition) is 4. The van der Waals surface area contributed by atoms with Crippen molar-refractivity contribution >= 4 is 11.5 Å². The second kappa shape index (κ2) is 5.52. The molecule has 0 saturated carbocycles. The third-order valence-corrected chi connectivity index (χ3v) is 4.87. The Balaban J connectivity index is 1.74. The summed E-state index contributed by atoms with van der Waals surface area (Å²) in [5.74, 6) is 0.117. The minimum Gasteiger partial charge on any atom is -0.369 e. The van der Waals surface area contributed by atoms with Gasteiger partial charge in [0.15, 0.2) is 5.78 Å². The number of aromatic nitrogens is 1. The Morgan fingerprint density at radius 3 is 2.80 bits per heavy atom. The molecule has 4 nitrogen and oxygen atoms in total. The van der Waals surface area contributed by atoms with E-state index in [1.807, 2.05) is 19.2 Å². The van der Waals surface area contributed by atoms with Crippen molar-refractivity contribution in [1.29, 1.82) is 0 Å². The van der Waals surface area contributed by atoms with Crippen LogP contribution in [0.5, 0.6) is 0 Å². The van der Waals surface area contributed by atoms with Gasteiger partial charge in [-0.1, -0.05) is 6.92 Å². The molecular formula is C16H23N3O. The van der Waals surface area contributed by atoms with E-state index in [4.69, 9.17) is 0 Å². The number of pyridine rings is 1. The number of nitrogens with zero attached hydrogens (tertiary/aromatic N) is 3. The maximum atomic E-state index is 11.6. The van der Waals surface area contributed by atoms with Gasteiger partial charge in [0.1, 0.15) is 5.69 Å². The van der Waals surface area contributed by atoms with Gasteiger partial charge >= 0.3 is 0 Å². The minimum atomic E-state index is 0.117. The molecule has 1 aromatic rings. The van der Waals surface area contributed by atoms with Gasteiger partial charge in [-0.05, 0) is 38.4 Å². The van der Waals surface area contributed by atoms with Crippen LogP contribution in [0.1, 0.15) is 43.1 Å². The van der Waals surface area contributed by atoms with E-state index in [9.17, 15) is 4.79 Å². The van der Waals surface area contributed by atoms with Gasteiger partial charge in [0.2, 0.25) is 0 Å². The lowest BCUT2D eigenvalue weighted by Crippen LogP contribution is -2.36. The number of likely N-dealkylation sites (N-methyl/N-ethyl adjacent to an activating group) is 1. The highest BCUT2D eigenvalue weighted by Crippen LogP contribution is 2.30. The molecule has 0 radical (unpaired) electrons. The van der Waals surface area contributed by atoms with Crippen LogP contribution in [0.4, 0.5) is 5.69 Å². The van der Waals surface area contributed by atoms with Gasteiger partial charge in [-0.25, -0.2) is 0 Å². The number of hydrogen-bond donors (Lipinski definition) is 0. The lowest BCUT2D eigenvalue weighted by Gasteiger charge is -2.27. The lowest BCUT2D eigenvalue weighted by molar-refractivity contribution is 0.0983. The summed E-state index contributed by atoms with van der Waals surface area (Å²) in [6.45, 7) is 4.04. The van der Waals surface area contributed by atoms with Crippen LogP contribution < -0.4 is 4.90 Å². The van der Waals surface area contributed by atoms with Crippen LogP contribution >= 0.6 is 0 Å². The molecule has 0 amide bonds. The van der Waals surface area contributed by atoms with E-state index < -0.39 is 0 Å². The topological polar surface area (TPSA) is 36.4 Å². The molecule has 2 aliphatic rings. The number of rotatable bonds is 3. The Labute approximate surface area is 120 Å². The van der Waals surface area contributed by atoms with Crippen molar-refractivity contribution < 1.29 is 4.79 Å². The van der Waals surface area contributed by atoms with Crippen LogP contribution in [0, 0.1) is 0 Å². The maximum absolute atomic E-state index is 11.6. The average molecular weight is 273 g/mol. The Hall–Kier alpha value is -1.42. The number of carbonyl (C=O) groups excluding carboxylic acids is 1. The second-order valence-corrected chi connectivity index (χ2v) is 5.96. The largest absolute Gasteiger partial charge is 0.369 e. The Morgan fingerprint density at radius 2 is 2.10 bits per heavy atom. The van der Waals surface area contributed by atoms with Gasteiger partial charge in [-0.3, -0.25) is 14.7 Å². The van der Waals surface area contributed by atoms with Crippen molar-refractivity contribution in [3.8, 4) is 0 Å². The molecule has 2 saturated heterocycles. The standard InChI is InChI=1S/C16H23N3O/c1-3-16(20)15-7-6-13(10-17-15)19-9-8-12-4-5-14(11-19)18(12)2/h6-7,10,12,14H,3-5,8-9,11H2,1-2H3. The van der Waals surface area contributed by atoms with Gasteiger partial charge in [-0.15, -0.1) is 0 Å². The Morgan fingerprint density at radius 1 is 1.30 bits per heavy atom. The van der Waals surface area contributed by atoms with Crippen molar-refractivity contribution in [2.24, 2.45) is 0 Å². The summed E-state index contributed by atoms with van der Waals surface area (Å²) in [6.07, 6.45) is 6.25. The maximum Gasteiger partial charge on any atom is 0.180 e. The van der Waals surface area contributed by atoms with Crippen LogP contribution in [-0.4, -0.2) is 47.9 Å². The molecule has 0 spiro atoms. The van der Waals surface area contributed by atoms with E-state index in [1.54, 1.807) is 0 Å². The first-order chi connectivity index (χ1) is 9.69. The molecule has 3 heterocycles. The zero-order chi connectivity index (χ0) is 14.1. The number of fused-ring (bicyclic) bond motifs is 2. The molecule has 108 valence electrons. The zero-order valence-corrected chi connectivity index (χ0v) is 12.4. The molecular weight excluding hydrogens is 250 g/mol. The van der Waals surface area contributed by atoms with Crippen LogP contribution in [0.15, 0.2) is 18.3 Å². The van der Waals surface area contributed by atoms with E-state index in [0.717, 1.165) is 24.8 Å². The second-order valence-electron chi connectivity index (χ2n) is 5.96. The van der Waals surface area contributed by atoms with Gasteiger partial charge in [0.25, 0.3) is 0 Å². The van der Waals surface area contributed by atoms with Crippen LogP contribution in [0.3, 0.4) is 0 Å². The van der Waals surface area contributed by atoms with Crippen molar-refractivity contribution in [3.63, 3.8) is 0 Å².